The molecule has 3 heterocycles. The lowest BCUT2D eigenvalue weighted by atomic mass is 10.1. The van der Waals surface area contributed by atoms with Crippen molar-refractivity contribution >= 4 is 11.7 Å². The molecule has 7 heteroatoms. The number of likely N-dealkylation sites (N-methyl/N-ethyl adjacent to an activating group) is 1. The van der Waals surface area contributed by atoms with Gasteiger partial charge in [-0.05, 0) is 38.8 Å². The van der Waals surface area contributed by atoms with E-state index in [1.54, 1.807) is 0 Å². The summed E-state index contributed by atoms with van der Waals surface area (Å²) in [4.78, 5) is 16.5. The molecule has 4 rings (SSSR count). The van der Waals surface area contributed by atoms with E-state index in [9.17, 15) is 4.79 Å². The fourth-order valence-corrected chi connectivity index (χ4v) is 3.22. The molecule has 7 nitrogen and oxygen atoms in total. The summed E-state index contributed by atoms with van der Waals surface area (Å²) in [6, 6.07) is 4.33. The van der Waals surface area contributed by atoms with Gasteiger partial charge in [-0.1, -0.05) is 5.16 Å². The van der Waals surface area contributed by atoms with Crippen LogP contribution >= 0.6 is 0 Å². The average molecular weight is 341 g/mol. The number of aryl methyl sites for hydroxylation is 2. The SMILES string of the molecule is Cc1noc(C)c1CC(=O)N(C)C1CN(c2ccc(C3CC3)nn2)C1. The summed E-state index contributed by atoms with van der Waals surface area (Å²) >= 11 is 0. The van der Waals surface area contributed by atoms with Crippen LogP contribution in [0.4, 0.5) is 5.82 Å². The molecule has 2 fully saturated rings. The van der Waals surface area contributed by atoms with Gasteiger partial charge >= 0.3 is 0 Å². The zero-order chi connectivity index (χ0) is 17.6. The van der Waals surface area contributed by atoms with Gasteiger partial charge in [0.1, 0.15) is 5.76 Å². The number of rotatable bonds is 5. The number of hydrogen-bond donors (Lipinski definition) is 0. The number of nitrogens with zero attached hydrogens (tertiary/aromatic N) is 5. The monoisotopic (exact) mass is 341 g/mol. The summed E-state index contributed by atoms with van der Waals surface area (Å²) in [7, 11) is 1.87. The molecule has 0 radical (unpaired) electrons. The fraction of sp³-hybridized carbons (Fsp3) is 0.556. The van der Waals surface area contributed by atoms with Gasteiger partial charge in [-0.25, -0.2) is 0 Å². The zero-order valence-corrected chi connectivity index (χ0v) is 14.9. The minimum Gasteiger partial charge on any atom is -0.361 e. The molecule has 2 aliphatic rings. The van der Waals surface area contributed by atoms with Gasteiger partial charge < -0.3 is 14.3 Å². The minimum absolute atomic E-state index is 0.0919. The van der Waals surface area contributed by atoms with Gasteiger partial charge in [0.05, 0.1) is 23.9 Å². The van der Waals surface area contributed by atoms with E-state index in [0.29, 0.717) is 12.3 Å². The van der Waals surface area contributed by atoms with Gasteiger partial charge in [0.15, 0.2) is 5.82 Å². The van der Waals surface area contributed by atoms with E-state index in [2.05, 4.69) is 26.3 Å². The van der Waals surface area contributed by atoms with Crippen LogP contribution in [0.3, 0.4) is 0 Å². The van der Waals surface area contributed by atoms with Gasteiger partial charge in [-0.2, -0.15) is 5.10 Å². The number of hydrogen-bond acceptors (Lipinski definition) is 6. The maximum absolute atomic E-state index is 12.5. The van der Waals surface area contributed by atoms with E-state index in [4.69, 9.17) is 4.52 Å². The first-order chi connectivity index (χ1) is 12.0. The van der Waals surface area contributed by atoms with Crippen molar-refractivity contribution < 1.29 is 9.32 Å². The summed E-state index contributed by atoms with van der Waals surface area (Å²) in [6.07, 6.45) is 2.81. The van der Waals surface area contributed by atoms with Crippen molar-refractivity contribution in [2.24, 2.45) is 0 Å². The van der Waals surface area contributed by atoms with Crippen LogP contribution in [0, 0.1) is 13.8 Å². The minimum atomic E-state index is 0.0919. The molecule has 0 bridgehead atoms. The van der Waals surface area contributed by atoms with Gasteiger partial charge in [0.2, 0.25) is 5.91 Å². The van der Waals surface area contributed by atoms with Crippen LogP contribution in [0.15, 0.2) is 16.7 Å². The molecule has 25 heavy (non-hydrogen) atoms. The maximum Gasteiger partial charge on any atom is 0.227 e. The Balaban J connectivity index is 1.32. The molecule has 1 amide bonds. The third-order valence-corrected chi connectivity index (χ3v) is 5.30. The summed E-state index contributed by atoms with van der Waals surface area (Å²) in [5, 5.41) is 12.6. The second-order valence-electron chi connectivity index (χ2n) is 7.13. The summed E-state index contributed by atoms with van der Waals surface area (Å²) < 4.78 is 5.14. The summed E-state index contributed by atoms with van der Waals surface area (Å²) in [5.41, 5.74) is 2.79. The van der Waals surface area contributed by atoms with E-state index in [1.807, 2.05) is 31.9 Å². The molecule has 1 aliphatic heterocycles. The molecule has 0 aromatic carbocycles. The lowest BCUT2D eigenvalue weighted by Gasteiger charge is -2.44. The van der Waals surface area contributed by atoms with E-state index in [0.717, 1.165) is 41.6 Å². The number of anilines is 1. The molecule has 0 atom stereocenters. The Kier molecular flexibility index (Phi) is 3.94. The quantitative estimate of drug-likeness (QED) is 0.826. The van der Waals surface area contributed by atoms with Gasteiger partial charge in [0.25, 0.3) is 0 Å². The molecule has 1 aliphatic carbocycles. The Labute approximate surface area is 147 Å². The third kappa shape index (κ3) is 3.10. The maximum atomic E-state index is 12.5. The van der Waals surface area contributed by atoms with Crippen molar-refractivity contribution in [2.45, 2.75) is 45.1 Å². The van der Waals surface area contributed by atoms with Gasteiger partial charge in [0, 0.05) is 31.6 Å². The predicted octanol–water partition coefficient (Wildman–Crippen LogP) is 1.85. The first kappa shape index (κ1) is 16.1. The predicted molar refractivity (Wildman–Crippen MR) is 92.5 cm³/mol. The first-order valence-electron chi connectivity index (χ1n) is 8.79. The van der Waals surface area contributed by atoms with Crippen molar-refractivity contribution in [1.29, 1.82) is 0 Å². The van der Waals surface area contributed by atoms with Crippen LogP contribution in [0.25, 0.3) is 0 Å². The van der Waals surface area contributed by atoms with E-state index < -0.39 is 0 Å². The second-order valence-corrected chi connectivity index (χ2v) is 7.13. The Hall–Kier alpha value is -2.44. The molecule has 132 valence electrons. The Morgan fingerprint density at radius 3 is 2.60 bits per heavy atom. The van der Waals surface area contributed by atoms with Gasteiger partial charge in [-0.15, -0.1) is 5.10 Å². The molecule has 2 aromatic rings. The molecule has 0 N–H and O–H groups in total. The topological polar surface area (TPSA) is 75.4 Å². The Bertz CT molecular complexity index is 756. The van der Waals surface area contributed by atoms with E-state index >= 15 is 0 Å². The third-order valence-electron chi connectivity index (χ3n) is 5.30. The molecular formula is C18H23N5O2. The first-order valence-corrected chi connectivity index (χ1v) is 8.79. The van der Waals surface area contributed by atoms with Crippen LogP contribution < -0.4 is 4.90 Å². The Morgan fingerprint density at radius 1 is 1.28 bits per heavy atom. The molecular weight excluding hydrogens is 318 g/mol. The molecule has 0 spiro atoms. The number of amides is 1. The van der Waals surface area contributed by atoms with Crippen molar-refractivity contribution in [3.05, 3.63) is 34.8 Å². The van der Waals surface area contributed by atoms with Crippen molar-refractivity contribution in [1.82, 2.24) is 20.3 Å². The highest BCUT2D eigenvalue weighted by atomic mass is 16.5. The normalized spacial score (nSPS) is 17.5. The van der Waals surface area contributed by atoms with Crippen molar-refractivity contribution in [2.75, 3.05) is 25.0 Å². The van der Waals surface area contributed by atoms with E-state index in [-0.39, 0.29) is 11.9 Å². The lowest BCUT2D eigenvalue weighted by molar-refractivity contribution is -0.131. The molecule has 1 saturated carbocycles. The van der Waals surface area contributed by atoms with Crippen LogP contribution in [0.5, 0.6) is 0 Å². The molecule has 1 saturated heterocycles. The highest BCUT2D eigenvalue weighted by Gasteiger charge is 2.34. The van der Waals surface area contributed by atoms with Crippen LogP contribution in [0.2, 0.25) is 0 Å². The van der Waals surface area contributed by atoms with Crippen LogP contribution in [-0.2, 0) is 11.2 Å². The highest BCUT2D eigenvalue weighted by Crippen LogP contribution is 2.38. The smallest absolute Gasteiger partial charge is 0.227 e. The van der Waals surface area contributed by atoms with Crippen molar-refractivity contribution in [3.63, 3.8) is 0 Å². The van der Waals surface area contributed by atoms with Crippen molar-refractivity contribution in [3.8, 4) is 0 Å². The van der Waals surface area contributed by atoms with Crippen LogP contribution in [-0.4, -0.2) is 52.3 Å². The fourth-order valence-electron chi connectivity index (χ4n) is 3.22. The highest BCUT2D eigenvalue weighted by molar-refractivity contribution is 5.79. The zero-order valence-electron chi connectivity index (χ0n) is 14.9. The number of carbonyl (C=O) groups excluding carboxylic acids is 1. The van der Waals surface area contributed by atoms with Crippen LogP contribution in [0.1, 0.15) is 41.5 Å². The largest absolute Gasteiger partial charge is 0.361 e. The number of carbonyl (C=O) groups is 1. The molecule has 0 unspecified atom stereocenters. The average Bonchev–Trinajstić information content (AvgIpc) is 3.36. The number of aromatic nitrogens is 3. The lowest BCUT2D eigenvalue weighted by Crippen LogP contribution is -2.60. The molecule has 2 aromatic heterocycles. The standard InChI is InChI=1S/C18H23N5O2/c1-11-15(12(2)25-21-11)8-18(24)22(3)14-9-23(10-14)17-7-6-16(19-20-17)13-4-5-13/h6-7,13-14H,4-5,8-10H2,1-3H3. The van der Waals surface area contributed by atoms with E-state index in [1.165, 1.54) is 12.8 Å². The second kappa shape index (κ2) is 6.13. The van der Waals surface area contributed by atoms with Gasteiger partial charge in [-0.3, -0.25) is 4.79 Å². The summed E-state index contributed by atoms with van der Waals surface area (Å²) in [6.45, 7) is 5.30. The summed E-state index contributed by atoms with van der Waals surface area (Å²) in [5.74, 6) is 2.33. The Morgan fingerprint density at radius 2 is 2.04 bits per heavy atom.